The van der Waals surface area contributed by atoms with Crippen LogP contribution in [0.1, 0.15) is 144 Å². The Morgan fingerprint density at radius 2 is 1.39 bits per heavy atom. The van der Waals surface area contributed by atoms with Gasteiger partial charge < -0.3 is 91.2 Å². The molecular formula is C84H107F4N13O17. The molecule has 11 atom stereocenters. The van der Waals surface area contributed by atoms with Crippen LogP contribution in [-0.4, -0.2) is 228 Å². The van der Waals surface area contributed by atoms with Crippen LogP contribution >= 0.6 is 0 Å². The molecule has 7 heterocycles. The molecule has 11 rings (SSSR count). The number of carboxylic acid groups (broad SMARTS) is 1. The summed E-state index contributed by atoms with van der Waals surface area (Å²) in [5.74, 6) is -11.9. The van der Waals surface area contributed by atoms with Crippen LogP contribution in [0.4, 0.5) is 17.6 Å². The molecule has 6 aliphatic heterocycles. The van der Waals surface area contributed by atoms with Crippen molar-refractivity contribution in [2.75, 3.05) is 61.0 Å². The number of quaternary nitrogens is 1. The van der Waals surface area contributed by atoms with Crippen LogP contribution in [-0.2, 0) is 106 Å². The van der Waals surface area contributed by atoms with Gasteiger partial charge in [-0.3, -0.25) is 57.5 Å². The van der Waals surface area contributed by atoms with E-state index in [9.17, 15) is 47.0 Å². The lowest BCUT2D eigenvalue weighted by atomic mass is 9.95. The van der Waals surface area contributed by atoms with Crippen LogP contribution in [0.15, 0.2) is 109 Å². The molecule has 0 spiro atoms. The topological polar surface area (TPSA) is 403 Å². The number of aliphatic carboxylic acids is 1. The van der Waals surface area contributed by atoms with Crippen LogP contribution in [0.25, 0.3) is 10.9 Å². The minimum atomic E-state index is -5.19. The molecule has 11 amide bonds. The van der Waals surface area contributed by atoms with Crippen molar-refractivity contribution in [3.8, 4) is 5.75 Å². The Labute approximate surface area is 681 Å². The quantitative estimate of drug-likeness (QED) is 0.0351. The highest BCUT2D eigenvalue weighted by Gasteiger charge is 2.50. The summed E-state index contributed by atoms with van der Waals surface area (Å²) >= 11 is 0. The monoisotopic (exact) mass is 1650 g/mol. The van der Waals surface area contributed by atoms with Crippen molar-refractivity contribution in [3.05, 3.63) is 149 Å². The van der Waals surface area contributed by atoms with Gasteiger partial charge >= 0.3 is 6.18 Å². The zero-order valence-corrected chi connectivity index (χ0v) is 67.4. The Morgan fingerprint density at radius 3 is 2.08 bits per heavy atom. The summed E-state index contributed by atoms with van der Waals surface area (Å²) in [4.78, 5) is 189. The lowest BCUT2D eigenvalue weighted by Crippen LogP contribution is -2.64. The first kappa shape index (κ1) is 90.8. The van der Waals surface area contributed by atoms with Gasteiger partial charge in [0, 0.05) is 94.8 Å². The number of carbonyl (C=O) groups is 13. The number of nitrogens with zero attached hydrogens (tertiary/aromatic N) is 4. The zero-order valence-electron chi connectivity index (χ0n) is 67.4. The van der Waals surface area contributed by atoms with Gasteiger partial charge in [-0.05, 0) is 149 Å². The number of aromatic nitrogens is 1. The molecule has 4 aromatic carbocycles. The molecule has 0 saturated carbocycles. The summed E-state index contributed by atoms with van der Waals surface area (Å²) in [7, 11) is 7.72. The number of ether oxygens (including phenoxy) is 2. The number of methoxy groups -OCH3 is 1. The predicted molar refractivity (Wildman–Crippen MR) is 421 cm³/mol. The number of amides is 11. The van der Waals surface area contributed by atoms with E-state index in [2.05, 4.69) is 69.0 Å². The lowest BCUT2D eigenvalue weighted by molar-refractivity contribution is -0.870. The summed E-state index contributed by atoms with van der Waals surface area (Å²) in [6, 6.07) is 13.4. The van der Waals surface area contributed by atoms with Crippen LogP contribution < -0.4 is 57.7 Å². The number of unbranched alkanes of at least 4 members (excludes halogenated alkanes) is 2. The van der Waals surface area contributed by atoms with Gasteiger partial charge in [-0.2, -0.15) is 13.2 Å². The number of carbonyl (C=O) groups excluding carboxylic acids is 13. The van der Waals surface area contributed by atoms with Crippen molar-refractivity contribution in [2.45, 2.75) is 215 Å². The van der Waals surface area contributed by atoms with E-state index in [1.165, 1.54) is 38.0 Å². The fourth-order valence-corrected chi connectivity index (χ4v) is 15.2. The van der Waals surface area contributed by atoms with Gasteiger partial charge in [-0.1, -0.05) is 72.8 Å². The first-order valence-corrected chi connectivity index (χ1v) is 39.9. The van der Waals surface area contributed by atoms with E-state index in [1.54, 1.807) is 67.7 Å². The summed E-state index contributed by atoms with van der Waals surface area (Å²) in [6.07, 6.45) is -0.441. The predicted octanol–water partition coefficient (Wildman–Crippen LogP) is 2.70. The highest BCUT2D eigenvalue weighted by molar-refractivity contribution is 6.00. The van der Waals surface area contributed by atoms with Crippen LogP contribution in [0, 0.1) is 5.82 Å². The van der Waals surface area contributed by atoms with E-state index >= 15 is 33.2 Å². The number of carboxylic acids is 1. The molecule has 0 aliphatic carbocycles. The third-order valence-electron chi connectivity index (χ3n) is 21.7. The number of fused-ring (bicyclic) bond motifs is 16. The molecule has 30 nitrogen and oxygen atoms in total. The van der Waals surface area contributed by atoms with Gasteiger partial charge in [0.15, 0.2) is 0 Å². The summed E-state index contributed by atoms with van der Waals surface area (Å²) < 4.78 is 61.7. The minimum absolute atomic E-state index is 0.0724. The number of aliphatic hydroxyl groups is 1. The van der Waals surface area contributed by atoms with Crippen molar-refractivity contribution in [1.29, 1.82) is 0 Å². The molecule has 2 saturated heterocycles. The maximum Gasteiger partial charge on any atom is 0.430 e. The average Bonchev–Trinajstić information content (AvgIpc) is 1.63. The number of rotatable bonds is 13. The smallest absolute Gasteiger partial charge is 0.430 e. The van der Waals surface area contributed by atoms with Crippen molar-refractivity contribution >= 4 is 87.6 Å². The lowest BCUT2D eigenvalue weighted by Gasteiger charge is -2.37. The molecule has 0 radical (unpaired) electrons. The van der Waals surface area contributed by atoms with E-state index in [0.717, 1.165) is 39.9 Å². The highest BCUT2D eigenvalue weighted by atomic mass is 19.4. The third-order valence-corrected chi connectivity index (χ3v) is 21.7. The van der Waals surface area contributed by atoms with Crippen molar-refractivity contribution in [2.24, 2.45) is 0 Å². The maximum absolute atomic E-state index is 16.2. The van der Waals surface area contributed by atoms with Crippen LogP contribution in [0.2, 0.25) is 0 Å². The molecule has 0 unspecified atom stereocenters. The second-order valence-electron chi connectivity index (χ2n) is 31.9. The second kappa shape index (κ2) is 41.3. The molecule has 638 valence electrons. The number of hydrogen-bond acceptors (Lipinski definition) is 17. The zero-order chi connectivity index (χ0) is 85.8. The van der Waals surface area contributed by atoms with Crippen molar-refractivity contribution in [3.63, 3.8) is 0 Å². The number of benzene rings is 4. The van der Waals surface area contributed by atoms with E-state index in [1.807, 2.05) is 41.0 Å². The number of aliphatic hydroxyl groups excluding tert-OH is 1. The molecule has 2 fully saturated rings. The molecule has 34 heteroatoms. The van der Waals surface area contributed by atoms with Gasteiger partial charge in [0.25, 0.3) is 0 Å². The Morgan fingerprint density at radius 1 is 0.695 bits per heavy atom. The second-order valence-corrected chi connectivity index (χ2v) is 31.9. The summed E-state index contributed by atoms with van der Waals surface area (Å²) in [5, 5.41) is 46.3. The van der Waals surface area contributed by atoms with Gasteiger partial charge in [-0.15, -0.1) is 0 Å². The molecule has 6 aliphatic rings. The number of hydrogen-bond donors (Lipinski definition) is 10. The van der Waals surface area contributed by atoms with E-state index in [0.29, 0.717) is 71.0 Å². The Bertz CT molecular complexity index is 4490. The highest BCUT2D eigenvalue weighted by Crippen LogP contribution is 2.33. The van der Waals surface area contributed by atoms with E-state index in [4.69, 9.17) is 19.4 Å². The SMILES string of the molecule is COc1ccc(C[C@@H]2NC(=O)[C@H]([C@@H](C)O)NC(=O)[C@@H]3[C@@H]4CCN3C(=O)[C@@H]3Cc5cn(c6ccc(F)cc56)C/C=C/CC[C@@H](NC(=O)CCC(=O)N[C@@H](C)C(=O)N[C@H](CCC(=O)CCCCC[N+](C)(C)C)C(=O)N[C@@H](Cc5cccc(c5)CNC(=O)CO4)C(=O)N3)c3ccc(cc3)CCNC(=O)[C@]3(C)CCCN3C2=O)cc1.O=C([O-])C(F)(F)F. The van der Waals surface area contributed by atoms with E-state index < -0.39 is 162 Å². The van der Waals surface area contributed by atoms with Gasteiger partial charge in [0.1, 0.15) is 77.8 Å². The Kier molecular flexibility index (Phi) is 31.8. The maximum atomic E-state index is 16.2. The van der Waals surface area contributed by atoms with Crippen molar-refractivity contribution in [1.82, 2.24) is 62.2 Å². The minimum Gasteiger partial charge on any atom is -0.542 e. The largest absolute Gasteiger partial charge is 0.542 e. The van der Waals surface area contributed by atoms with Crippen LogP contribution in [0.5, 0.6) is 5.75 Å². The molecule has 10 N–H and O–H groups in total. The van der Waals surface area contributed by atoms with E-state index in [-0.39, 0.29) is 96.3 Å². The average molecular weight is 1650 g/mol. The number of Topliss-reactive ketones (excluding diaryl/α,β-unsaturated/α-hetero) is 1. The van der Waals surface area contributed by atoms with Gasteiger partial charge in [0.2, 0.25) is 65.0 Å². The molecule has 12 bridgehead atoms. The third kappa shape index (κ3) is 25.4. The fraction of sp³-hybridized carbons (Fsp3) is 0.512. The number of alkyl halides is 3. The molecule has 118 heavy (non-hydrogen) atoms. The number of nitrogens with one attached hydrogen (secondary N) is 9. The molecule has 1 aromatic heterocycles. The summed E-state index contributed by atoms with van der Waals surface area (Å²) in [6.45, 7) is 4.68. The Hall–Kier alpha value is -11.1. The molecular weight excluding hydrogens is 1540 g/mol. The van der Waals surface area contributed by atoms with Crippen molar-refractivity contribution < 1.29 is 104 Å². The van der Waals surface area contributed by atoms with Gasteiger partial charge in [-0.25, -0.2) is 4.39 Å². The normalized spacial score (nSPS) is 24.8. The van der Waals surface area contributed by atoms with Crippen LogP contribution in [0.3, 0.4) is 0 Å². The first-order valence-electron chi connectivity index (χ1n) is 39.9. The number of ketones is 1. The fourth-order valence-electron chi connectivity index (χ4n) is 15.2. The first-order chi connectivity index (χ1) is 56.0. The Balaban J connectivity index is 0.00000217. The summed E-state index contributed by atoms with van der Waals surface area (Å²) in [5.41, 5.74) is 2.59. The number of halogens is 4. The molecule has 5 aromatic rings. The number of allylic oxidation sites excluding steroid dienone is 2. The van der Waals surface area contributed by atoms with Gasteiger partial charge in [0.05, 0.1) is 53.0 Å². The standard InChI is InChI=1S/C82H106FN13O15.C2HF3O2/c1-50-74(102)88-63(30-27-59(98)18-10-9-13-41-96(4,5)6)75(103)89-64-44-54-16-14-17-55(42-54)47-85-71(101)49-111-68-35-40-94-73(68)78(106)92-72(51(2)97)77(105)91-65(43-53-22-28-60(110-7)29-23-53)80(108)95-39-15-36-82(95,3)81(109)84-37-34-52-20-24-56(25-21-52)62(87-70(100)33-32-69(99)86-50)19-11-8-12-38-93-48-57(45-66(79(94)107)90-76(64)104)61-46-58(83)26-31-67(61)93;3-2(4,5)1(6)7/h8,12,14,16-17,20-26,28-29,31,42,46,48,50-51,62-66,68,72-73,97H,9-11,13,15,18-19,27,30,32-41,43-45,47,49H2,1-7H3,(H8-,84,85,86,87,88,89,90,91,92,99,100,101,102,103,104,105,106,109);(H,6,7)/b12-8+;/t50-,51+,62+,63+,64-,65-,66-,68-,72-,73-,82-;/m0./s1.